The molecule has 0 aromatic rings. The van der Waals surface area contributed by atoms with Gasteiger partial charge in [0.15, 0.2) is 0 Å². The van der Waals surface area contributed by atoms with Crippen LogP contribution in [0.1, 0.15) is 0 Å². The Morgan fingerprint density at radius 1 is 1.20 bits per heavy atom. The van der Waals surface area contributed by atoms with Gasteiger partial charge in [-0.3, -0.25) is 0 Å². The predicted octanol–water partition coefficient (Wildman–Crippen LogP) is 1.51. The monoisotopic (exact) mass is 96.1 g/mol. The van der Waals surface area contributed by atoms with Crippen molar-refractivity contribution in [2.75, 3.05) is 20.0 Å². The number of hydrogen-bond donors (Lipinski definition) is 0. The minimum atomic E-state index is -2.11. The molecule has 0 amide bonds. The van der Waals surface area contributed by atoms with Crippen molar-refractivity contribution in [3.8, 4) is 0 Å². The van der Waals surface area contributed by atoms with Crippen molar-refractivity contribution in [2.24, 2.45) is 0 Å². The van der Waals surface area contributed by atoms with Gasteiger partial charge in [0, 0.05) is 0 Å². The summed E-state index contributed by atoms with van der Waals surface area (Å²) in [5, 5.41) is 0. The standard InChI is InChI=1S/C3H10FP/c1-5(2,3)4/h5H,1-3H3. The number of hydrogen-bond acceptors (Lipinski definition) is 0. The molecule has 2 heteroatoms. The molecule has 0 aromatic heterocycles. The number of halogens is 1. The fourth-order valence-electron chi connectivity index (χ4n) is 0. The van der Waals surface area contributed by atoms with Crippen LogP contribution in [0.25, 0.3) is 0 Å². The van der Waals surface area contributed by atoms with Gasteiger partial charge in [-0.25, -0.2) is 0 Å². The first-order valence-electron chi connectivity index (χ1n) is 1.69. The second-order valence-corrected chi connectivity index (χ2v) is 6.20. The molecule has 0 aliphatic carbocycles. The van der Waals surface area contributed by atoms with Crippen molar-refractivity contribution in [1.82, 2.24) is 0 Å². The van der Waals surface area contributed by atoms with Gasteiger partial charge in [-0.05, 0) is 0 Å². The normalized spacial score (nSPS) is 15.2. The van der Waals surface area contributed by atoms with Crippen LogP contribution in [0, 0.1) is 0 Å². The van der Waals surface area contributed by atoms with Crippen LogP contribution in [0.4, 0.5) is 4.20 Å². The average Bonchev–Trinajstić information content (AvgIpc) is 0.722. The minimum absolute atomic E-state index is 1.66. The second-order valence-electron chi connectivity index (χ2n) is 2.07. The molecule has 5 heavy (non-hydrogen) atoms. The third-order valence-corrected chi connectivity index (χ3v) is 0. The van der Waals surface area contributed by atoms with E-state index in [1.165, 1.54) is 0 Å². The summed E-state index contributed by atoms with van der Waals surface area (Å²) < 4.78 is 11.8. The SMILES string of the molecule is C[PH](C)(C)F. The molecule has 0 saturated heterocycles. The molecule has 0 spiro atoms. The van der Waals surface area contributed by atoms with Gasteiger partial charge in [0.25, 0.3) is 0 Å². The van der Waals surface area contributed by atoms with Crippen molar-refractivity contribution < 1.29 is 4.20 Å². The Morgan fingerprint density at radius 3 is 1.20 bits per heavy atom. The van der Waals surface area contributed by atoms with E-state index in [1.807, 2.05) is 0 Å². The van der Waals surface area contributed by atoms with Crippen LogP contribution in [0.2, 0.25) is 0 Å². The van der Waals surface area contributed by atoms with Gasteiger partial charge in [-0.1, -0.05) is 0 Å². The van der Waals surface area contributed by atoms with Crippen molar-refractivity contribution >= 4 is 7.57 Å². The average molecular weight is 96.1 g/mol. The molecule has 0 unspecified atom stereocenters. The molecule has 0 nitrogen and oxygen atoms in total. The summed E-state index contributed by atoms with van der Waals surface area (Å²) in [6.07, 6.45) is 0. The Morgan fingerprint density at radius 2 is 1.20 bits per heavy atom. The summed E-state index contributed by atoms with van der Waals surface area (Å²) in [7, 11) is -2.11. The third-order valence-electron chi connectivity index (χ3n) is 0. The van der Waals surface area contributed by atoms with Crippen LogP contribution in [0.15, 0.2) is 0 Å². The van der Waals surface area contributed by atoms with E-state index in [9.17, 15) is 4.20 Å². The van der Waals surface area contributed by atoms with Gasteiger partial charge in [-0.2, -0.15) is 0 Å². The van der Waals surface area contributed by atoms with Crippen LogP contribution in [0.3, 0.4) is 0 Å². The van der Waals surface area contributed by atoms with Gasteiger partial charge >= 0.3 is 31.8 Å². The van der Waals surface area contributed by atoms with Crippen LogP contribution >= 0.6 is 7.57 Å². The Bertz CT molecular complexity index is 22.4. The first kappa shape index (κ1) is 5.36. The Balaban J connectivity index is 3.02. The van der Waals surface area contributed by atoms with Gasteiger partial charge < -0.3 is 0 Å². The van der Waals surface area contributed by atoms with Crippen molar-refractivity contribution in [3.05, 3.63) is 0 Å². The van der Waals surface area contributed by atoms with Crippen molar-refractivity contribution in [3.63, 3.8) is 0 Å². The van der Waals surface area contributed by atoms with E-state index in [-0.39, 0.29) is 0 Å². The first-order chi connectivity index (χ1) is 2.00. The molecule has 0 atom stereocenters. The fraction of sp³-hybridized carbons (Fsp3) is 1.00. The summed E-state index contributed by atoms with van der Waals surface area (Å²) in [4.78, 5) is 0. The van der Waals surface area contributed by atoms with E-state index in [4.69, 9.17) is 0 Å². The summed E-state index contributed by atoms with van der Waals surface area (Å²) in [5.74, 6) is 0. The maximum absolute atomic E-state index is 11.8. The molecule has 0 fully saturated rings. The van der Waals surface area contributed by atoms with Gasteiger partial charge in [0.05, 0.1) is 0 Å². The van der Waals surface area contributed by atoms with Crippen LogP contribution in [0.5, 0.6) is 0 Å². The zero-order chi connectivity index (χ0) is 4.50. The van der Waals surface area contributed by atoms with Crippen LogP contribution in [-0.2, 0) is 0 Å². The molecule has 0 rings (SSSR count). The van der Waals surface area contributed by atoms with Crippen molar-refractivity contribution in [2.45, 2.75) is 0 Å². The Labute approximate surface area is 32.8 Å². The van der Waals surface area contributed by atoms with Crippen LogP contribution in [-0.4, -0.2) is 20.0 Å². The zero-order valence-corrected chi connectivity index (χ0v) is 4.88. The van der Waals surface area contributed by atoms with E-state index in [2.05, 4.69) is 0 Å². The summed E-state index contributed by atoms with van der Waals surface area (Å²) in [6.45, 7) is 4.98. The third kappa shape index (κ3) is 187. The Kier molecular flexibility index (Phi) is 1.30. The summed E-state index contributed by atoms with van der Waals surface area (Å²) >= 11 is 0. The van der Waals surface area contributed by atoms with Crippen molar-refractivity contribution in [1.29, 1.82) is 0 Å². The summed E-state index contributed by atoms with van der Waals surface area (Å²) in [5.41, 5.74) is 0. The molecule has 0 heterocycles. The predicted molar refractivity (Wildman–Crippen MR) is 27.2 cm³/mol. The molecule has 0 bridgehead atoms. The van der Waals surface area contributed by atoms with E-state index >= 15 is 0 Å². The second kappa shape index (κ2) is 1.22. The molecule has 0 aliphatic rings. The fourth-order valence-corrected chi connectivity index (χ4v) is 0. The molecule has 34 valence electrons. The van der Waals surface area contributed by atoms with Crippen LogP contribution < -0.4 is 0 Å². The quantitative estimate of drug-likeness (QED) is 0.401. The molecule has 0 aliphatic heterocycles. The molecular weight excluding hydrogens is 86.0 g/mol. The molecule has 0 aromatic carbocycles. The van der Waals surface area contributed by atoms with E-state index in [0.717, 1.165) is 0 Å². The van der Waals surface area contributed by atoms with Gasteiger partial charge in [0.2, 0.25) is 0 Å². The van der Waals surface area contributed by atoms with Gasteiger partial charge in [0.1, 0.15) is 0 Å². The zero-order valence-electron chi connectivity index (χ0n) is 3.88. The molecular formula is C3H10FP. The maximum atomic E-state index is 11.8. The topological polar surface area (TPSA) is 0 Å². The van der Waals surface area contributed by atoms with E-state index < -0.39 is 7.57 Å². The Hall–Kier alpha value is 0.360. The molecule has 0 radical (unpaired) electrons. The van der Waals surface area contributed by atoms with Gasteiger partial charge in [-0.15, -0.1) is 0 Å². The molecule has 0 N–H and O–H groups in total. The van der Waals surface area contributed by atoms with E-state index in [1.54, 1.807) is 20.0 Å². The van der Waals surface area contributed by atoms with E-state index in [0.29, 0.717) is 0 Å². The number of rotatable bonds is 0. The summed E-state index contributed by atoms with van der Waals surface area (Å²) in [6, 6.07) is 0. The first-order valence-corrected chi connectivity index (χ1v) is 5.07. The molecule has 0 saturated carbocycles.